The molecule has 4 heteroatoms. The fourth-order valence-corrected chi connectivity index (χ4v) is 3.02. The Morgan fingerprint density at radius 1 is 1.21 bits per heavy atom. The van der Waals surface area contributed by atoms with Crippen LogP contribution in [0, 0.1) is 8.99 Å². The van der Waals surface area contributed by atoms with E-state index in [1.54, 1.807) is 0 Å². The van der Waals surface area contributed by atoms with Gasteiger partial charge >= 0.3 is 0 Å². The maximum Gasteiger partial charge on any atom is 0.251 e. The molecule has 0 aromatic heterocycles. The van der Waals surface area contributed by atoms with E-state index < -0.39 is 0 Å². The molecule has 0 saturated heterocycles. The number of aliphatic hydroxyl groups excluding tert-OH is 1. The van der Waals surface area contributed by atoms with Gasteiger partial charge in [0.2, 0.25) is 0 Å². The molecule has 2 N–H and O–H groups in total. The molecule has 1 aromatic rings. The van der Waals surface area contributed by atoms with Gasteiger partial charge in [0.05, 0.1) is 6.61 Å². The van der Waals surface area contributed by atoms with Gasteiger partial charge < -0.3 is 10.4 Å². The molecule has 1 amide bonds. The van der Waals surface area contributed by atoms with E-state index in [-0.39, 0.29) is 17.9 Å². The second-order valence-corrected chi connectivity index (χ2v) is 6.65. The van der Waals surface area contributed by atoms with Gasteiger partial charge in [0, 0.05) is 21.1 Å². The van der Waals surface area contributed by atoms with Crippen LogP contribution in [-0.2, 0) is 0 Å². The molecule has 1 fully saturated rings. The normalized spacial score (nSPS) is 18.0. The Bertz CT molecular complexity index is 424. The highest BCUT2D eigenvalue weighted by Crippen LogP contribution is 2.35. The van der Waals surface area contributed by atoms with Gasteiger partial charge in [0.1, 0.15) is 0 Å². The molecule has 0 unspecified atom stereocenters. The second-order valence-electron chi connectivity index (χ2n) is 5.41. The van der Waals surface area contributed by atoms with Crippen molar-refractivity contribution in [1.82, 2.24) is 5.32 Å². The third-order valence-electron chi connectivity index (χ3n) is 3.98. The van der Waals surface area contributed by atoms with Crippen LogP contribution in [0.4, 0.5) is 0 Å². The van der Waals surface area contributed by atoms with Crippen molar-refractivity contribution < 1.29 is 9.90 Å². The van der Waals surface area contributed by atoms with E-state index in [0.29, 0.717) is 12.1 Å². The zero-order chi connectivity index (χ0) is 13.7. The van der Waals surface area contributed by atoms with E-state index in [1.807, 2.05) is 24.3 Å². The van der Waals surface area contributed by atoms with E-state index in [4.69, 9.17) is 0 Å². The Labute approximate surface area is 127 Å². The van der Waals surface area contributed by atoms with Crippen molar-refractivity contribution in [1.29, 1.82) is 0 Å². The number of aliphatic hydroxyl groups is 1. The first-order valence-corrected chi connectivity index (χ1v) is 7.88. The van der Waals surface area contributed by atoms with Gasteiger partial charge in [-0.15, -0.1) is 0 Å². The number of nitrogens with one attached hydrogen (secondary N) is 1. The average Bonchev–Trinajstić information content (AvgIpc) is 2.46. The summed E-state index contributed by atoms with van der Waals surface area (Å²) in [6.07, 6.45) is 5.57. The Hall–Kier alpha value is -0.620. The average molecular weight is 373 g/mol. The topological polar surface area (TPSA) is 49.3 Å². The molecule has 2 rings (SSSR count). The molecule has 19 heavy (non-hydrogen) atoms. The quantitative estimate of drug-likeness (QED) is 0.798. The molecule has 1 aliphatic rings. The molecule has 0 heterocycles. The van der Waals surface area contributed by atoms with Crippen molar-refractivity contribution in [3.63, 3.8) is 0 Å². The molecule has 0 radical (unpaired) electrons. The lowest BCUT2D eigenvalue weighted by Gasteiger charge is -2.35. The Morgan fingerprint density at radius 2 is 1.84 bits per heavy atom. The minimum atomic E-state index is -0.100. The van der Waals surface area contributed by atoms with Gasteiger partial charge in [0.25, 0.3) is 5.91 Å². The van der Waals surface area contributed by atoms with Crippen molar-refractivity contribution >= 4 is 28.5 Å². The van der Waals surface area contributed by atoms with Crippen LogP contribution in [0.5, 0.6) is 0 Å². The summed E-state index contributed by atoms with van der Waals surface area (Å²) in [5.41, 5.74) is 0.584. The molecule has 1 aliphatic carbocycles. The summed E-state index contributed by atoms with van der Waals surface area (Å²) >= 11 is 2.22. The van der Waals surface area contributed by atoms with Crippen molar-refractivity contribution in [2.24, 2.45) is 5.41 Å². The van der Waals surface area contributed by atoms with Gasteiger partial charge in [-0.05, 0) is 59.7 Å². The predicted molar refractivity (Wildman–Crippen MR) is 84.1 cm³/mol. The molecule has 3 nitrogen and oxygen atoms in total. The molecule has 0 spiro atoms. The summed E-state index contributed by atoms with van der Waals surface area (Å²) in [6, 6.07) is 7.53. The SMILES string of the molecule is O=C(NCC1(CO)CCCCC1)c1ccc(I)cc1. The lowest BCUT2D eigenvalue weighted by molar-refractivity contribution is 0.0718. The summed E-state index contributed by atoms with van der Waals surface area (Å²) in [4.78, 5) is 12.1. The van der Waals surface area contributed by atoms with E-state index in [9.17, 15) is 9.90 Å². The van der Waals surface area contributed by atoms with E-state index in [0.717, 1.165) is 29.3 Å². The molecule has 1 aromatic carbocycles. The first-order valence-electron chi connectivity index (χ1n) is 6.80. The van der Waals surface area contributed by atoms with Crippen molar-refractivity contribution in [3.05, 3.63) is 33.4 Å². The van der Waals surface area contributed by atoms with Gasteiger partial charge in [-0.3, -0.25) is 4.79 Å². The Kier molecular flexibility index (Phi) is 5.21. The van der Waals surface area contributed by atoms with Crippen LogP contribution in [0.25, 0.3) is 0 Å². The minimum Gasteiger partial charge on any atom is -0.396 e. The first-order chi connectivity index (χ1) is 9.15. The number of hydrogen-bond acceptors (Lipinski definition) is 2. The molecular formula is C15H20INO2. The third kappa shape index (κ3) is 3.92. The van der Waals surface area contributed by atoms with Crippen LogP contribution in [0.15, 0.2) is 24.3 Å². The summed E-state index contributed by atoms with van der Waals surface area (Å²) in [5.74, 6) is -0.0465. The predicted octanol–water partition coefficient (Wildman–Crippen LogP) is 2.96. The fraction of sp³-hybridized carbons (Fsp3) is 0.533. The maximum absolute atomic E-state index is 12.1. The lowest BCUT2D eigenvalue weighted by Crippen LogP contribution is -2.41. The van der Waals surface area contributed by atoms with Gasteiger partial charge in [0.15, 0.2) is 0 Å². The minimum absolute atomic E-state index is 0.0465. The van der Waals surface area contributed by atoms with Crippen LogP contribution in [0.1, 0.15) is 42.5 Å². The smallest absolute Gasteiger partial charge is 0.251 e. The Balaban J connectivity index is 1.93. The van der Waals surface area contributed by atoms with Crippen LogP contribution in [-0.4, -0.2) is 24.2 Å². The first kappa shape index (κ1) is 14.8. The number of benzene rings is 1. The Morgan fingerprint density at radius 3 is 2.42 bits per heavy atom. The summed E-state index contributed by atoms with van der Waals surface area (Å²) in [5, 5.41) is 12.6. The van der Waals surface area contributed by atoms with Gasteiger partial charge in [-0.1, -0.05) is 19.3 Å². The lowest BCUT2D eigenvalue weighted by atomic mass is 9.74. The standard InChI is InChI=1S/C15H20INO2/c16-13-6-4-12(5-7-13)14(19)17-10-15(11-18)8-2-1-3-9-15/h4-7,18H,1-3,8-11H2,(H,17,19). The molecule has 0 atom stereocenters. The van der Waals surface area contributed by atoms with Crippen molar-refractivity contribution in [3.8, 4) is 0 Å². The highest BCUT2D eigenvalue weighted by atomic mass is 127. The van der Waals surface area contributed by atoms with E-state index in [1.165, 1.54) is 6.42 Å². The maximum atomic E-state index is 12.1. The second kappa shape index (κ2) is 6.70. The fourth-order valence-electron chi connectivity index (χ4n) is 2.66. The molecule has 0 aliphatic heterocycles. The highest BCUT2D eigenvalue weighted by molar-refractivity contribution is 14.1. The molecular weight excluding hydrogens is 353 g/mol. The van der Waals surface area contributed by atoms with Crippen LogP contribution in [0.3, 0.4) is 0 Å². The summed E-state index contributed by atoms with van der Waals surface area (Å²) < 4.78 is 1.12. The van der Waals surface area contributed by atoms with Gasteiger partial charge in [-0.25, -0.2) is 0 Å². The van der Waals surface area contributed by atoms with Gasteiger partial charge in [-0.2, -0.15) is 0 Å². The van der Waals surface area contributed by atoms with Crippen LogP contribution < -0.4 is 5.32 Å². The summed E-state index contributed by atoms with van der Waals surface area (Å²) in [7, 11) is 0. The van der Waals surface area contributed by atoms with Crippen LogP contribution in [0.2, 0.25) is 0 Å². The molecule has 1 saturated carbocycles. The number of halogens is 1. The number of rotatable bonds is 4. The van der Waals surface area contributed by atoms with E-state index >= 15 is 0 Å². The summed E-state index contributed by atoms with van der Waals surface area (Å²) in [6.45, 7) is 0.744. The van der Waals surface area contributed by atoms with Crippen LogP contribution >= 0.6 is 22.6 Å². The van der Waals surface area contributed by atoms with Crippen molar-refractivity contribution in [2.45, 2.75) is 32.1 Å². The van der Waals surface area contributed by atoms with E-state index in [2.05, 4.69) is 27.9 Å². The largest absolute Gasteiger partial charge is 0.396 e. The number of amides is 1. The number of hydrogen-bond donors (Lipinski definition) is 2. The number of carbonyl (C=O) groups excluding carboxylic acids is 1. The third-order valence-corrected chi connectivity index (χ3v) is 4.70. The monoisotopic (exact) mass is 373 g/mol. The molecule has 0 bridgehead atoms. The number of carbonyl (C=O) groups is 1. The highest BCUT2D eigenvalue weighted by Gasteiger charge is 2.31. The zero-order valence-corrected chi connectivity index (χ0v) is 13.2. The zero-order valence-electron chi connectivity index (χ0n) is 11.0. The van der Waals surface area contributed by atoms with Crippen molar-refractivity contribution in [2.75, 3.05) is 13.2 Å². The molecule has 104 valence electrons.